The van der Waals surface area contributed by atoms with Crippen LogP contribution in [0.5, 0.6) is 0 Å². The minimum atomic E-state index is -0.537. The maximum atomic E-state index is 11.1. The predicted molar refractivity (Wildman–Crippen MR) is 90.2 cm³/mol. The second-order valence-electron chi connectivity index (χ2n) is 5.28. The topological polar surface area (TPSA) is 78.9 Å². The number of carbonyl (C=O) groups is 3. The highest BCUT2D eigenvalue weighted by Crippen LogP contribution is 2.20. The molecule has 0 aromatic carbocycles. The minimum Gasteiger partial charge on any atom is -0.463 e. The van der Waals surface area contributed by atoms with Crippen molar-refractivity contribution in [1.29, 1.82) is 0 Å². The lowest BCUT2D eigenvalue weighted by Gasteiger charge is -2.21. The maximum Gasteiger partial charge on any atom is 0.333 e. The van der Waals surface area contributed by atoms with Crippen molar-refractivity contribution in [3.05, 3.63) is 24.3 Å². The maximum absolute atomic E-state index is 11.1. The van der Waals surface area contributed by atoms with Crippen molar-refractivity contribution in [2.75, 3.05) is 13.2 Å². The average Bonchev–Trinajstić information content (AvgIpc) is 2.55. The number of esters is 3. The molecular formula is C18H28O6. The van der Waals surface area contributed by atoms with Gasteiger partial charge in [0, 0.05) is 17.7 Å². The summed E-state index contributed by atoms with van der Waals surface area (Å²) in [4.78, 5) is 32.4. The van der Waals surface area contributed by atoms with Gasteiger partial charge in [0.15, 0.2) is 0 Å². The first kappa shape index (κ1) is 21.9. The first-order valence-electron chi connectivity index (χ1n) is 8.28. The summed E-state index contributed by atoms with van der Waals surface area (Å²) in [5.74, 6) is -1.31. The molecule has 0 unspecified atom stereocenters. The molecule has 0 spiro atoms. The van der Waals surface area contributed by atoms with Crippen molar-refractivity contribution in [3.63, 3.8) is 0 Å². The van der Waals surface area contributed by atoms with Crippen LogP contribution in [0.4, 0.5) is 0 Å². The minimum absolute atomic E-state index is 0.156. The molecule has 0 bridgehead atoms. The zero-order valence-electron chi connectivity index (χ0n) is 14.8. The van der Waals surface area contributed by atoms with E-state index in [2.05, 4.69) is 16.1 Å². The molecule has 0 atom stereocenters. The molecule has 136 valence electrons. The Bertz CT molecular complexity index is 426. The number of hydrogen-bond donors (Lipinski definition) is 0. The molecule has 1 fully saturated rings. The average molecular weight is 340 g/mol. The third kappa shape index (κ3) is 11.5. The van der Waals surface area contributed by atoms with E-state index in [0.717, 1.165) is 25.0 Å². The molecule has 1 rings (SSSR count). The smallest absolute Gasteiger partial charge is 0.333 e. The number of ether oxygens (including phenoxy) is 3. The predicted octanol–water partition coefficient (Wildman–Crippen LogP) is 3.11. The number of carbonyl (C=O) groups excluding carboxylic acids is 3. The summed E-state index contributed by atoms with van der Waals surface area (Å²) in [5, 5.41) is 0. The third-order valence-electron chi connectivity index (χ3n) is 3.10. The molecule has 0 radical (unpaired) electrons. The monoisotopic (exact) mass is 340 g/mol. The summed E-state index contributed by atoms with van der Waals surface area (Å²) in [6, 6.07) is 0. The van der Waals surface area contributed by atoms with Crippen LogP contribution in [-0.2, 0) is 28.6 Å². The molecule has 1 saturated carbocycles. The van der Waals surface area contributed by atoms with E-state index in [1.807, 2.05) is 0 Å². The summed E-state index contributed by atoms with van der Waals surface area (Å²) >= 11 is 0. The number of hydrogen-bond acceptors (Lipinski definition) is 6. The Morgan fingerprint density at radius 3 is 1.79 bits per heavy atom. The lowest BCUT2D eigenvalue weighted by atomic mass is 9.98. The fraction of sp³-hybridized carbons (Fsp3) is 0.611. The van der Waals surface area contributed by atoms with E-state index in [1.54, 1.807) is 20.8 Å². The van der Waals surface area contributed by atoms with Gasteiger partial charge < -0.3 is 14.2 Å². The highest BCUT2D eigenvalue weighted by molar-refractivity contribution is 5.91. The van der Waals surface area contributed by atoms with E-state index in [1.165, 1.54) is 19.3 Å². The Hall–Kier alpha value is -2.11. The molecule has 0 saturated heterocycles. The van der Waals surface area contributed by atoms with E-state index in [-0.39, 0.29) is 12.1 Å². The molecular weight excluding hydrogens is 312 g/mol. The second kappa shape index (κ2) is 13.3. The third-order valence-corrected chi connectivity index (χ3v) is 3.10. The summed E-state index contributed by atoms with van der Waals surface area (Å²) in [6.07, 6.45) is 7.95. The van der Waals surface area contributed by atoms with Gasteiger partial charge in [-0.1, -0.05) is 13.0 Å². The van der Waals surface area contributed by atoms with Gasteiger partial charge in [-0.3, -0.25) is 0 Å². The highest BCUT2D eigenvalue weighted by Gasteiger charge is 2.17. The zero-order chi connectivity index (χ0) is 18.4. The lowest BCUT2D eigenvalue weighted by molar-refractivity contribution is -0.145. The Labute approximate surface area is 143 Å². The van der Waals surface area contributed by atoms with E-state index in [0.29, 0.717) is 18.8 Å². The van der Waals surface area contributed by atoms with Crippen molar-refractivity contribution in [1.82, 2.24) is 0 Å². The van der Waals surface area contributed by atoms with Gasteiger partial charge in [0.2, 0.25) is 0 Å². The Balaban J connectivity index is 0.000000441. The second-order valence-corrected chi connectivity index (χ2v) is 5.28. The van der Waals surface area contributed by atoms with Crippen molar-refractivity contribution in [3.8, 4) is 0 Å². The summed E-state index contributed by atoms with van der Waals surface area (Å²) in [6.45, 7) is 9.21. The first-order valence-corrected chi connectivity index (χ1v) is 8.28. The van der Waals surface area contributed by atoms with Gasteiger partial charge in [0.25, 0.3) is 0 Å². The molecule has 0 aromatic rings. The van der Waals surface area contributed by atoms with Crippen LogP contribution >= 0.6 is 0 Å². The standard InChI is InChI=1S/C10H16O2.C8H12O4/c1-8(2)10(11)12-9-6-4-3-5-7-9;1-3-11-7(9)5-6-8(10)12-4-2/h9H,1,3-7H2,2H3;5-6H,3-4H2,1-2H3/b;6-5-. The first-order chi connectivity index (χ1) is 11.4. The lowest BCUT2D eigenvalue weighted by Crippen LogP contribution is -2.20. The molecule has 6 heteroatoms. The fourth-order valence-electron chi connectivity index (χ4n) is 1.95. The molecule has 0 heterocycles. The van der Waals surface area contributed by atoms with E-state index in [9.17, 15) is 14.4 Å². The van der Waals surface area contributed by atoms with Crippen LogP contribution in [0.3, 0.4) is 0 Å². The van der Waals surface area contributed by atoms with Gasteiger partial charge in [-0.2, -0.15) is 0 Å². The summed E-state index contributed by atoms with van der Waals surface area (Å²) < 4.78 is 14.3. The van der Waals surface area contributed by atoms with Gasteiger partial charge >= 0.3 is 17.9 Å². The van der Waals surface area contributed by atoms with Gasteiger partial charge in [0.05, 0.1) is 13.2 Å². The zero-order valence-corrected chi connectivity index (χ0v) is 14.8. The van der Waals surface area contributed by atoms with E-state index >= 15 is 0 Å². The normalized spacial score (nSPS) is 14.3. The van der Waals surface area contributed by atoms with Gasteiger partial charge in [-0.05, 0) is 46.5 Å². The molecule has 0 aliphatic heterocycles. The Morgan fingerprint density at radius 2 is 1.42 bits per heavy atom. The van der Waals surface area contributed by atoms with Crippen LogP contribution in [0.25, 0.3) is 0 Å². The van der Waals surface area contributed by atoms with Crippen molar-refractivity contribution in [2.45, 2.75) is 59.0 Å². The SMILES string of the molecule is C=C(C)C(=O)OC1CCCCC1.CCOC(=O)/C=C\C(=O)OCC. The fourth-order valence-corrected chi connectivity index (χ4v) is 1.95. The Morgan fingerprint density at radius 1 is 0.958 bits per heavy atom. The molecule has 0 N–H and O–H groups in total. The van der Waals surface area contributed by atoms with E-state index < -0.39 is 11.9 Å². The van der Waals surface area contributed by atoms with Crippen molar-refractivity contribution >= 4 is 17.9 Å². The molecule has 6 nitrogen and oxygen atoms in total. The van der Waals surface area contributed by atoms with Gasteiger partial charge in [0.1, 0.15) is 6.10 Å². The summed E-state index contributed by atoms with van der Waals surface area (Å²) in [7, 11) is 0. The van der Waals surface area contributed by atoms with Crippen LogP contribution in [0.1, 0.15) is 52.9 Å². The number of rotatable bonds is 6. The largest absolute Gasteiger partial charge is 0.463 e. The van der Waals surface area contributed by atoms with Crippen molar-refractivity contribution < 1.29 is 28.6 Å². The van der Waals surface area contributed by atoms with E-state index in [4.69, 9.17) is 4.74 Å². The molecule has 0 amide bonds. The molecule has 0 aromatic heterocycles. The molecule has 1 aliphatic rings. The quantitative estimate of drug-likeness (QED) is 0.420. The highest BCUT2D eigenvalue weighted by atomic mass is 16.5. The van der Waals surface area contributed by atoms with Gasteiger partial charge in [-0.15, -0.1) is 0 Å². The van der Waals surface area contributed by atoms with Crippen LogP contribution < -0.4 is 0 Å². The van der Waals surface area contributed by atoms with Crippen LogP contribution in [0.2, 0.25) is 0 Å². The van der Waals surface area contributed by atoms with Crippen molar-refractivity contribution in [2.24, 2.45) is 0 Å². The Kier molecular flexibility index (Phi) is 12.2. The summed E-state index contributed by atoms with van der Waals surface area (Å²) in [5.41, 5.74) is 0.501. The van der Waals surface area contributed by atoms with Crippen LogP contribution in [0, 0.1) is 0 Å². The van der Waals surface area contributed by atoms with Crippen LogP contribution in [-0.4, -0.2) is 37.2 Å². The van der Waals surface area contributed by atoms with Crippen LogP contribution in [0.15, 0.2) is 24.3 Å². The molecule has 1 aliphatic carbocycles. The van der Waals surface area contributed by atoms with Gasteiger partial charge in [-0.25, -0.2) is 14.4 Å². The molecule has 24 heavy (non-hydrogen) atoms.